The van der Waals surface area contributed by atoms with Gasteiger partial charge in [0.25, 0.3) is 17.2 Å². The second kappa shape index (κ2) is 6.83. The summed E-state index contributed by atoms with van der Waals surface area (Å²) in [6.45, 7) is 5.19. The first-order valence-electron chi connectivity index (χ1n) is 6.61. The number of carbonyl (C=O) groups excluding carboxylic acids is 2. The number of aromatic nitrogens is 1. The molecule has 0 aromatic carbocycles. The van der Waals surface area contributed by atoms with Gasteiger partial charge in [-0.15, -0.1) is 0 Å². The Morgan fingerprint density at radius 3 is 2.45 bits per heavy atom. The van der Waals surface area contributed by atoms with E-state index in [1.54, 1.807) is 6.92 Å². The van der Waals surface area contributed by atoms with Crippen molar-refractivity contribution in [2.24, 2.45) is 11.7 Å². The van der Waals surface area contributed by atoms with E-state index in [1.165, 1.54) is 0 Å². The third kappa shape index (κ3) is 4.14. The van der Waals surface area contributed by atoms with Gasteiger partial charge in [-0.3, -0.25) is 29.1 Å². The summed E-state index contributed by atoms with van der Waals surface area (Å²) in [6, 6.07) is 0.674. The molecule has 1 atom stereocenters. The highest BCUT2D eigenvalue weighted by Gasteiger charge is 2.19. The minimum atomic E-state index is -1.08. The molecule has 0 bridgehead atoms. The first-order chi connectivity index (χ1) is 10.1. The van der Waals surface area contributed by atoms with Gasteiger partial charge in [0.2, 0.25) is 5.91 Å². The standard InChI is InChI=1S/C13H18N4O5/c1-7(2)8(3)15-11(18)6-16-5-9(17(21)22)4-10(12(14)19)13(16)20/h4-5,7-8H,6H2,1-3H3,(H2,14,19)(H,15,18). The molecule has 1 unspecified atom stereocenters. The molecule has 0 aliphatic heterocycles. The number of hydrogen-bond acceptors (Lipinski definition) is 5. The summed E-state index contributed by atoms with van der Waals surface area (Å²) >= 11 is 0. The van der Waals surface area contributed by atoms with Gasteiger partial charge in [-0.25, -0.2) is 0 Å². The highest BCUT2D eigenvalue weighted by molar-refractivity contribution is 5.93. The van der Waals surface area contributed by atoms with Crippen LogP contribution >= 0.6 is 0 Å². The lowest BCUT2D eigenvalue weighted by Crippen LogP contribution is -2.40. The van der Waals surface area contributed by atoms with Crippen LogP contribution in [0.25, 0.3) is 0 Å². The molecule has 0 aliphatic rings. The van der Waals surface area contributed by atoms with Crippen LogP contribution in [0, 0.1) is 16.0 Å². The Labute approximate surface area is 126 Å². The second-order valence-corrected chi connectivity index (χ2v) is 5.27. The number of pyridine rings is 1. The molecule has 9 nitrogen and oxygen atoms in total. The van der Waals surface area contributed by atoms with Crippen LogP contribution < -0.4 is 16.6 Å². The van der Waals surface area contributed by atoms with Crippen LogP contribution in [0.4, 0.5) is 5.69 Å². The maximum absolute atomic E-state index is 12.0. The summed E-state index contributed by atoms with van der Waals surface area (Å²) in [5, 5.41) is 13.5. The number of nitrogens with one attached hydrogen (secondary N) is 1. The molecule has 0 fully saturated rings. The highest BCUT2D eigenvalue weighted by atomic mass is 16.6. The maximum Gasteiger partial charge on any atom is 0.286 e. The van der Waals surface area contributed by atoms with Crippen LogP contribution in [0.15, 0.2) is 17.1 Å². The molecule has 1 aromatic heterocycles. The minimum absolute atomic E-state index is 0.127. The van der Waals surface area contributed by atoms with Crippen molar-refractivity contribution < 1.29 is 14.5 Å². The molecular weight excluding hydrogens is 292 g/mol. The third-order valence-corrected chi connectivity index (χ3v) is 3.25. The molecule has 1 heterocycles. The van der Waals surface area contributed by atoms with Gasteiger partial charge < -0.3 is 11.1 Å². The maximum atomic E-state index is 12.0. The van der Waals surface area contributed by atoms with Gasteiger partial charge in [0, 0.05) is 12.1 Å². The van der Waals surface area contributed by atoms with Crippen molar-refractivity contribution in [3.8, 4) is 0 Å². The molecule has 120 valence electrons. The molecule has 1 aromatic rings. The van der Waals surface area contributed by atoms with Crippen LogP contribution in [0.1, 0.15) is 31.1 Å². The molecule has 2 amide bonds. The zero-order valence-electron chi connectivity index (χ0n) is 12.5. The van der Waals surface area contributed by atoms with E-state index < -0.39 is 40.1 Å². The Hall–Kier alpha value is -2.71. The average Bonchev–Trinajstić information content (AvgIpc) is 2.39. The summed E-state index contributed by atoms with van der Waals surface area (Å²) in [5.41, 5.74) is 3.17. The van der Waals surface area contributed by atoms with Crippen molar-refractivity contribution in [1.29, 1.82) is 0 Å². The zero-order chi connectivity index (χ0) is 17.0. The molecule has 0 saturated carbocycles. The average molecular weight is 310 g/mol. The summed E-state index contributed by atoms with van der Waals surface area (Å²) in [7, 11) is 0. The van der Waals surface area contributed by atoms with Gasteiger partial charge in [-0.1, -0.05) is 13.8 Å². The van der Waals surface area contributed by atoms with Crippen LogP contribution in [-0.4, -0.2) is 27.3 Å². The zero-order valence-corrected chi connectivity index (χ0v) is 12.5. The summed E-state index contributed by atoms with van der Waals surface area (Å²) in [6.07, 6.45) is 0.911. The Kier molecular flexibility index (Phi) is 5.39. The van der Waals surface area contributed by atoms with E-state index in [1.807, 2.05) is 13.8 Å². The van der Waals surface area contributed by atoms with E-state index in [0.717, 1.165) is 16.8 Å². The van der Waals surface area contributed by atoms with Gasteiger partial charge in [0.15, 0.2) is 0 Å². The molecule has 3 N–H and O–H groups in total. The highest BCUT2D eigenvalue weighted by Crippen LogP contribution is 2.10. The van der Waals surface area contributed by atoms with Crippen molar-refractivity contribution in [3.63, 3.8) is 0 Å². The van der Waals surface area contributed by atoms with Crippen molar-refractivity contribution in [3.05, 3.63) is 38.3 Å². The molecular formula is C13H18N4O5. The van der Waals surface area contributed by atoms with Crippen molar-refractivity contribution in [2.45, 2.75) is 33.4 Å². The predicted octanol–water partition coefficient (Wildman–Crippen LogP) is 0.0161. The first kappa shape index (κ1) is 17.3. The SMILES string of the molecule is CC(C)C(C)NC(=O)Cn1cc([N+](=O)[O-])cc(C(N)=O)c1=O. The topological polar surface area (TPSA) is 137 Å². The number of primary amides is 1. The van der Waals surface area contributed by atoms with E-state index in [2.05, 4.69) is 5.32 Å². The molecule has 0 aliphatic carbocycles. The Bertz CT molecular complexity index is 665. The Morgan fingerprint density at radius 1 is 1.41 bits per heavy atom. The van der Waals surface area contributed by atoms with Crippen molar-refractivity contribution >= 4 is 17.5 Å². The van der Waals surface area contributed by atoms with Gasteiger partial charge in [0.05, 0.1) is 11.1 Å². The number of amides is 2. The minimum Gasteiger partial charge on any atom is -0.365 e. The first-order valence-corrected chi connectivity index (χ1v) is 6.61. The fraction of sp³-hybridized carbons (Fsp3) is 0.462. The van der Waals surface area contributed by atoms with Crippen molar-refractivity contribution in [2.75, 3.05) is 0 Å². The van der Waals surface area contributed by atoms with E-state index >= 15 is 0 Å². The fourth-order valence-electron chi connectivity index (χ4n) is 1.63. The van der Waals surface area contributed by atoms with Gasteiger partial charge in [0.1, 0.15) is 12.1 Å². The van der Waals surface area contributed by atoms with E-state index in [9.17, 15) is 24.5 Å². The number of nitrogens with zero attached hydrogens (tertiary/aromatic N) is 2. The van der Waals surface area contributed by atoms with Crippen LogP contribution in [-0.2, 0) is 11.3 Å². The number of nitrogens with two attached hydrogens (primary N) is 1. The monoisotopic (exact) mass is 310 g/mol. The number of carbonyl (C=O) groups is 2. The molecule has 0 spiro atoms. The van der Waals surface area contributed by atoms with Crippen molar-refractivity contribution in [1.82, 2.24) is 9.88 Å². The number of nitro groups is 1. The Balaban J connectivity index is 3.13. The van der Waals surface area contributed by atoms with Crippen LogP contribution in [0.2, 0.25) is 0 Å². The third-order valence-electron chi connectivity index (χ3n) is 3.25. The largest absolute Gasteiger partial charge is 0.365 e. The predicted molar refractivity (Wildman–Crippen MR) is 78.3 cm³/mol. The second-order valence-electron chi connectivity index (χ2n) is 5.27. The number of rotatable bonds is 6. The van der Waals surface area contributed by atoms with E-state index in [-0.39, 0.29) is 12.0 Å². The lowest BCUT2D eigenvalue weighted by molar-refractivity contribution is -0.385. The summed E-state index contributed by atoms with van der Waals surface area (Å²) < 4.78 is 0.806. The summed E-state index contributed by atoms with van der Waals surface area (Å²) in [5.74, 6) is -1.38. The molecule has 22 heavy (non-hydrogen) atoms. The Morgan fingerprint density at radius 2 is 2.00 bits per heavy atom. The van der Waals surface area contributed by atoms with Crippen LogP contribution in [0.5, 0.6) is 0 Å². The molecule has 0 saturated heterocycles. The van der Waals surface area contributed by atoms with Gasteiger partial charge in [-0.2, -0.15) is 0 Å². The fourth-order valence-corrected chi connectivity index (χ4v) is 1.63. The van der Waals surface area contributed by atoms with Gasteiger partial charge >= 0.3 is 0 Å². The molecule has 1 rings (SSSR count). The quantitative estimate of drug-likeness (QED) is 0.563. The van der Waals surface area contributed by atoms with E-state index in [4.69, 9.17) is 5.73 Å². The normalized spacial score (nSPS) is 12.0. The summed E-state index contributed by atoms with van der Waals surface area (Å²) in [4.78, 5) is 45.1. The molecule has 9 heteroatoms. The lowest BCUT2D eigenvalue weighted by atomic mass is 10.1. The van der Waals surface area contributed by atoms with Crippen LogP contribution in [0.3, 0.4) is 0 Å². The smallest absolute Gasteiger partial charge is 0.286 e. The van der Waals surface area contributed by atoms with E-state index in [0.29, 0.717) is 0 Å². The molecule has 0 radical (unpaired) electrons. The van der Waals surface area contributed by atoms with Gasteiger partial charge in [-0.05, 0) is 12.8 Å². The lowest BCUT2D eigenvalue weighted by Gasteiger charge is -2.17. The number of hydrogen-bond donors (Lipinski definition) is 2.